The number of hydrogen-bond donors (Lipinski definition) is 2. The number of nitrogens with two attached hydrogens (primary N) is 1. The van der Waals surface area contributed by atoms with Crippen LogP contribution in [0.15, 0.2) is 42.7 Å². The Kier molecular flexibility index (Phi) is 3.30. The molecule has 2 unspecified atom stereocenters. The van der Waals surface area contributed by atoms with Crippen molar-refractivity contribution in [1.82, 2.24) is 24.5 Å². The van der Waals surface area contributed by atoms with E-state index in [0.717, 1.165) is 11.3 Å². The normalized spacial score (nSPS) is 19.8. The van der Waals surface area contributed by atoms with Gasteiger partial charge in [-0.1, -0.05) is 18.2 Å². The van der Waals surface area contributed by atoms with E-state index < -0.39 is 11.9 Å². The summed E-state index contributed by atoms with van der Waals surface area (Å²) in [5.41, 5.74) is 7.57. The molecular weight excluding hydrogens is 308 g/mol. The zero-order valence-corrected chi connectivity index (χ0v) is 12.8. The van der Waals surface area contributed by atoms with E-state index in [-0.39, 0.29) is 11.9 Å². The van der Waals surface area contributed by atoms with Gasteiger partial charge in [-0.2, -0.15) is 10.1 Å². The summed E-state index contributed by atoms with van der Waals surface area (Å²) < 4.78 is 3.39. The lowest BCUT2D eigenvalue weighted by atomic mass is 9.87. The Hall–Kier alpha value is -3.16. The van der Waals surface area contributed by atoms with Crippen molar-refractivity contribution in [2.45, 2.75) is 24.8 Å². The van der Waals surface area contributed by atoms with Gasteiger partial charge in [0.2, 0.25) is 5.95 Å². The number of aromatic nitrogens is 5. The molecule has 3 aromatic rings. The SMILES string of the molecule is Nc1nc2n(n1)CC(c1cnn(-c3ccccc3)c1)CC2C(=O)O. The quantitative estimate of drug-likeness (QED) is 0.753. The van der Waals surface area contributed by atoms with Crippen LogP contribution in [0.3, 0.4) is 0 Å². The van der Waals surface area contributed by atoms with Crippen molar-refractivity contribution in [3.05, 3.63) is 54.1 Å². The van der Waals surface area contributed by atoms with Crippen LogP contribution in [-0.2, 0) is 11.3 Å². The zero-order chi connectivity index (χ0) is 16.7. The Morgan fingerprint density at radius 1 is 1.29 bits per heavy atom. The van der Waals surface area contributed by atoms with Crippen LogP contribution < -0.4 is 5.73 Å². The minimum atomic E-state index is -0.913. The van der Waals surface area contributed by atoms with Crippen LogP contribution in [0.4, 0.5) is 5.95 Å². The fourth-order valence-corrected chi connectivity index (χ4v) is 3.16. The maximum Gasteiger partial charge on any atom is 0.314 e. The number of anilines is 1. The number of nitrogen functional groups attached to an aromatic ring is 1. The number of aliphatic carboxylic acids is 1. The lowest BCUT2D eigenvalue weighted by Gasteiger charge is -2.26. The highest BCUT2D eigenvalue weighted by Crippen LogP contribution is 2.36. The molecule has 0 fully saturated rings. The summed E-state index contributed by atoms with van der Waals surface area (Å²) in [6, 6.07) is 9.77. The topological polar surface area (TPSA) is 112 Å². The van der Waals surface area contributed by atoms with E-state index in [2.05, 4.69) is 15.2 Å². The third-order valence-electron chi connectivity index (χ3n) is 4.33. The summed E-state index contributed by atoms with van der Waals surface area (Å²) in [5, 5.41) is 18.0. The van der Waals surface area contributed by atoms with E-state index in [1.165, 1.54) is 0 Å². The van der Waals surface area contributed by atoms with Crippen LogP contribution in [0.5, 0.6) is 0 Å². The number of carboxylic acid groups (broad SMARTS) is 1. The lowest BCUT2D eigenvalue weighted by molar-refractivity contribution is -0.139. The van der Waals surface area contributed by atoms with E-state index in [1.54, 1.807) is 15.6 Å². The number of carboxylic acids is 1. The van der Waals surface area contributed by atoms with Gasteiger partial charge < -0.3 is 10.8 Å². The van der Waals surface area contributed by atoms with E-state index in [1.807, 2.05) is 36.5 Å². The van der Waals surface area contributed by atoms with Crippen LogP contribution in [-0.4, -0.2) is 35.6 Å². The van der Waals surface area contributed by atoms with Gasteiger partial charge in [-0.3, -0.25) is 4.79 Å². The van der Waals surface area contributed by atoms with Crippen molar-refractivity contribution in [3.8, 4) is 5.69 Å². The van der Waals surface area contributed by atoms with Crippen LogP contribution in [0.1, 0.15) is 29.6 Å². The van der Waals surface area contributed by atoms with Gasteiger partial charge in [0.1, 0.15) is 11.7 Å². The number of rotatable bonds is 3. The minimum Gasteiger partial charge on any atom is -0.481 e. The molecule has 1 aromatic carbocycles. The van der Waals surface area contributed by atoms with Crippen LogP contribution >= 0.6 is 0 Å². The number of benzene rings is 1. The highest BCUT2D eigenvalue weighted by molar-refractivity contribution is 5.75. The van der Waals surface area contributed by atoms with Crippen molar-refractivity contribution in [3.63, 3.8) is 0 Å². The predicted molar refractivity (Wildman–Crippen MR) is 85.7 cm³/mol. The van der Waals surface area contributed by atoms with E-state index >= 15 is 0 Å². The van der Waals surface area contributed by atoms with Gasteiger partial charge in [0.05, 0.1) is 18.4 Å². The molecule has 1 aliphatic heterocycles. The summed E-state index contributed by atoms with van der Waals surface area (Å²) in [6.45, 7) is 0.545. The number of hydrogen-bond acceptors (Lipinski definition) is 5. The summed E-state index contributed by atoms with van der Waals surface area (Å²) in [5.74, 6) is -1.10. The fourth-order valence-electron chi connectivity index (χ4n) is 3.16. The number of fused-ring (bicyclic) bond motifs is 1. The van der Waals surface area contributed by atoms with Crippen LogP contribution in [0.2, 0.25) is 0 Å². The van der Waals surface area contributed by atoms with Gasteiger partial charge >= 0.3 is 5.97 Å². The van der Waals surface area contributed by atoms with Crippen molar-refractivity contribution in [1.29, 1.82) is 0 Å². The Balaban J connectivity index is 1.66. The molecule has 122 valence electrons. The summed E-state index contributed by atoms with van der Waals surface area (Å²) in [6.07, 6.45) is 4.17. The number of nitrogens with zero attached hydrogens (tertiary/aromatic N) is 5. The molecule has 3 N–H and O–H groups in total. The molecule has 0 radical (unpaired) electrons. The molecule has 0 saturated heterocycles. The largest absolute Gasteiger partial charge is 0.481 e. The van der Waals surface area contributed by atoms with Crippen LogP contribution in [0.25, 0.3) is 5.69 Å². The highest BCUT2D eigenvalue weighted by atomic mass is 16.4. The van der Waals surface area contributed by atoms with Gasteiger partial charge in [-0.15, -0.1) is 5.10 Å². The van der Waals surface area contributed by atoms with Crippen molar-refractivity contribution >= 4 is 11.9 Å². The van der Waals surface area contributed by atoms with Gasteiger partial charge in [0, 0.05) is 12.1 Å². The van der Waals surface area contributed by atoms with Crippen LogP contribution in [0, 0.1) is 0 Å². The highest BCUT2D eigenvalue weighted by Gasteiger charge is 2.35. The molecular formula is C16H16N6O2. The molecule has 24 heavy (non-hydrogen) atoms. The first-order chi connectivity index (χ1) is 11.6. The summed E-state index contributed by atoms with van der Waals surface area (Å²) >= 11 is 0. The van der Waals surface area contributed by atoms with E-state index in [0.29, 0.717) is 18.8 Å². The zero-order valence-electron chi connectivity index (χ0n) is 12.8. The molecule has 2 atom stereocenters. The average Bonchev–Trinajstić information content (AvgIpc) is 3.20. The van der Waals surface area contributed by atoms with Crippen molar-refractivity contribution in [2.75, 3.05) is 5.73 Å². The molecule has 0 spiro atoms. The molecule has 0 aliphatic carbocycles. The van der Waals surface area contributed by atoms with Gasteiger partial charge in [-0.25, -0.2) is 9.36 Å². The standard InChI is InChI=1S/C16H16N6O2/c17-16-19-14-13(15(23)24)6-10(8-22(14)20-16)11-7-18-21(9-11)12-4-2-1-3-5-12/h1-5,7,9-10,13H,6,8H2,(H2,17,20)(H,23,24). The molecule has 2 aromatic heterocycles. The number of para-hydroxylation sites is 1. The molecule has 4 rings (SSSR count). The third kappa shape index (κ3) is 2.41. The lowest BCUT2D eigenvalue weighted by Crippen LogP contribution is -2.28. The van der Waals surface area contributed by atoms with Gasteiger partial charge in [0.25, 0.3) is 0 Å². The molecule has 3 heterocycles. The number of carbonyl (C=O) groups is 1. The molecule has 8 heteroatoms. The third-order valence-corrected chi connectivity index (χ3v) is 4.33. The first kappa shape index (κ1) is 14.4. The molecule has 8 nitrogen and oxygen atoms in total. The summed E-state index contributed by atoms with van der Waals surface area (Å²) in [4.78, 5) is 15.6. The van der Waals surface area contributed by atoms with Crippen molar-refractivity contribution in [2.24, 2.45) is 0 Å². The summed E-state index contributed by atoms with van der Waals surface area (Å²) in [7, 11) is 0. The predicted octanol–water partition coefficient (Wildman–Crippen LogP) is 1.40. The second kappa shape index (κ2) is 5.48. The maximum absolute atomic E-state index is 11.6. The van der Waals surface area contributed by atoms with E-state index in [4.69, 9.17) is 5.73 Å². The van der Waals surface area contributed by atoms with Gasteiger partial charge in [0.15, 0.2) is 0 Å². The van der Waals surface area contributed by atoms with E-state index in [9.17, 15) is 9.90 Å². The Morgan fingerprint density at radius 2 is 2.08 bits per heavy atom. The second-order valence-electron chi connectivity index (χ2n) is 5.89. The first-order valence-corrected chi connectivity index (χ1v) is 7.65. The Labute approximate surface area is 137 Å². The second-order valence-corrected chi connectivity index (χ2v) is 5.89. The van der Waals surface area contributed by atoms with Crippen molar-refractivity contribution < 1.29 is 9.90 Å². The molecule has 0 amide bonds. The molecule has 1 aliphatic rings. The molecule has 0 saturated carbocycles. The average molecular weight is 324 g/mol. The smallest absolute Gasteiger partial charge is 0.314 e. The Morgan fingerprint density at radius 3 is 2.83 bits per heavy atom. The molecule has 0 bridgehead atoms. The fraction of sp³-hybridized carbons (Fsp3) is 0.250. The van der Waals surface area contributed by atoms with Gasteiger partial charge in [-0.05, 0) is 24.1 Å². The minimum absolute atomic E-state index is 0.00263. The monoisotopic (exact) mass is 324 g/mol. The Bertz CT molecular complexity index is 885. The first-order valence-electron chi connectivity index (χ1n) is 7.65. The maximum atomic E-state index is 11.6.